The van der Waals surface area contributed by atoms with Gasteiger partial charge in [0, 0.05) is 33.6 Å². The number of aromatic hydroxyl groups is 1. The van der Waals surface area contributed by atoms with Gasteiger partial charge in [-0.25, -0.2) is 0 Å². The lowest BCUT2D eigenvalue weighted by Crippen LogP contribution is -2.39. The summed E-state index contributed by atoms with van der Waals surface area (Å²) in [6, 6.07) is 7.00. The lowest BCUT2D eigenvalue weighted by molar-refractivity contribution is -0.135. The Morgan fingerprint density at radius 1 is 0.867 bits per heavy atom. The number of likely N-dealkylation sites (tertiary alicyclic amines) is 2. The summed E-state index contributed by atoms with van der Waals surface area (Å²) < 4.78 is 0. The van der Waals surface area contributed by atoms with Gasteiger partial charge in [0.05, 0.1) is 11.8 Å². The Hall–Kier alpha value is -2.63. The van der Waals surface area contributed by atoms with Gasteiger partial charge in [-0.3, -0.25) is 14.4 Å². The first-order valence-corrected chi connectivity index (χ1v) is 10.9. The second-order valence-corrected chi connectivity index (χ2v) is 8.54. The van der Waals surface area contributed by atoms with Crippen molar-refractivity contribution in [3.8, 4) is 5.75 Å². The summed E-state index contributed by atoms with van der Waals surface area (Å²) in [5, 5.41) is 9.37. The van der Waals surface area contributed by atoms with Crippen molar-refractivity contribution in [1.82, 2.24) is 9.80 Å². The maximum absolute atomic E-state index is 11.9. The monoisotopic (exact) mass is 412 g/mol. The van der Waals surface area contributed by atoms with E-state index in [1.54, 1.807) is 34.1 Å². The molecule has 1 aromatic rings. The van der Waals surface area contributed by atoms with Crippen LogP contribution >= 0.6 is 0 Å². The SMILES string of the molecule is CN1CCCC(C2=CC(=O)CCC2)C1=O.CN1CCCC(c2cccc(O)c2)C1=O. The molecular formula is C24H32N2O4. The molecule has 0 saturated carbocycles. The zero-order valence-electron chi connectivity index (χ0n) is 18.0. The van der Waals surface area contributed by atoms with Gasteiger partial charge in [0.2, 0.25) is 11.8 Å². The molecule has 0 radical (unpaired) electrons. The van der Waals surface area contributed by atoms with Crippen molar-refractivity contribution < 1.29 is 19.5 Å². The highest BCUT2D eigenvalue weighted by atomic mass is 16.3. The summed E-state index contributed by atoms with van der Waals surface area (Å²) in [7, 11) is 3.68. The van der Waals surface area contributed by atoms with Crippen LogP contribution in [0.5, 0.6) is 5.75 Å². The third-order valence-corrected chi connectivity index (χ3v) is 6.28. The lowest BCUT2D eigenvalue weighted by Gasteiger charge is -2.31. The third kappa shape index (κ3) is 5.29. The molecule has 2 aliphatic heterocycles. The average Bonchev–Trinajstić information content (AvgIpc) is 2.72. The predicted octanol–water partition coefficient (Wildman–Crippen LogP) is 3.26. The van der Waals surface area contributed by atoms with E-state index in [1.165, 1.54) is 0 Å². The molecule has 1 N–H and O–H groups in total. The number of amides is 2. The molecule has 2 atom stereocenters. The van der Waals surface area contributed by atoms with Gasteiger partial charge in [-0.05, 0) is 62.3 Å². The molecule has 3 aliphatic rings. The van der Waals surface area contributed by atoms with Crippen LogP contribution < -0.4 is 0 Å². The molecular weight excluding hydrogens is 380 g/mol. The molecule has 6 heteroatoms. The van der Waals surface area contributed by atoms with E-state index in [1.807, 2.05) is 20.2 Å². The maximum atomic E-state index is 11.9. The molecule has 6 nitrogen and oxygen atoms in total. The summed E-state index contributed by atoms with van der Waals surface area (Å²) in [5.41, 5.74) is 1.99. The Morgan fingerprint density at radius 2 is 1.50 bits per heavy atom. The highest BCUT2D eigenvalue weighted by molar-refractivity contribution is 5.93. The Kier molecular flexibility index (Phi) is 7.29. The number of rotatable bonds is 2. The number of carbonyl (C=O) groups is 3. The van der Waals surface area contributed by atoms with Crippen LogP contribution in [-0.2, 0) is 14.4 Å². The van der Waals surface area contributed by atoms with Crippen molar-refractivity contribution in [3.05, 3.63) is 41.5 Å². The molecule has 0 spiro atoms. The average molecular weight is 413 g/mol. The summed E-state index contributed by atoms with van der Waals surface area (Å²) in [4.78, 5) is 38.6. The van der Waals surface area contributed by atoms with Gasteiger partial charge in [-0.1, -0.05) is 17.7 Å². The number of hydrogen-bond donors (Lipinski definition) is 1. The fraction of sp³-hybridized carbons (Fsp3) is 0.542. The number of phenols is 1. The third-order valence-electron chi connectivity index (χ3n) is 6.28. The quantitative estimate of drug-likeness (QED) is 0.809. The molecule has 2 fully saturated rings. The standard InChI is InChI=1S/C12H17NO2.C12H15NO2/c2*1-13-7-3-6-11(12(13)15)9-4-2-5-10(14)8-9/h8,11H,2-7H2,1H3;2,4-5,8,11,14H,3,6-7H2,1H3. The van der Waals surface area contributed by atoms with E-state index < -0.39 is 0 Å². The van der Waals surface area contributed by atoms with E-state index in [0.717, 1.165) is 62.8 Å². The van der Waals surface area contributed by atoms with Crippen molar-refractivity contribution in [2.75, 3.05) is 27.2 Å². The molecule has 4 rings (SSSR count). The Labute approximate surface area is 178 Å². The summed E-state index contributed by atoms with van der Waals surface area (Å²) in [6.45, 7) is 1.70. The second kappa shape index (κ2) is 9.92. The number of nitrogens with zero attached hydrogens (tertiary/aromatic N) is 2. The normalized spacial score (nSPS) is 24.9. The van der Waals surface area contributed by atoms with Crippen LogP contribution in [-0.4, -0.2) is 59.7 Å². The van der Waals surface area contributed by atoms with Gasteiger partial charge in [0.15, 0.2) is 5.78 Å². The van der Waals surface area contributed by atoms with E-state index in [2.05, 4.69) is 0 Å². The molecule has 30 heavy (non-hydrogen) atoms. The van der Waals surface area contributed by atoms with Crippen LogP contribution in [0.25, 0.3) is 0 Å². The summed E-state index contributed by atoms with van der Waals surface area (Å²) in [5.74, 6) is 0.698. The van der Waals surface area contributed by atoms with Gasteiger partial charge in [0.25, 0.3) is 0 Å². The number of phenolic OH excluding ortho intramolecular Hbond substituents is 1. The predicted molar refractivity (Wildman–Crippen MR) is 115 cm³/mol. The topological polar surface area (TPSA) is 77.9 Å². The van der Waals surface area contributed by atoms with Crippen LogP contribution in [0.3, 0.4) is 0 Å². The van der Waals surface area contributed by atoms with E-state index in [9.17, 15) is 19.5 Å². The largest absolute Gasteiger partial charge is 0.508 e. The highest BCUT2D eigenvalue weighted by Gasteiger charge is 2.30. The molecule has 2 saturated heterocycles. The van der Waals surface area contributed by atoms with Gasteiger partial charge in [-0.15, -0.1) is 0 Å². The molecule has 1 aromatic carbocycles. The first kappa shape index (κ1) is 22.1. The van der Waals surface area contributed by atoms with E-state index in [-0.39, 0.29) is 35.2 Å². The molecule has 2 amide bonds. The van der Waals surface area contributed by atoms with Gasteiger partial charge >= 0.3 is 0 Å². The van der Waals surface area contributed by atoms with Gasteiger partial charge in [0.1, 0.15) is 5.75 Å². The Bertz CT molecular complexity index is 832. The molecule has 0 bridgehead atoms. The van der Waals surface area contributed by atoms with Crippen molar-refractivity contribution in [2.24, 2.45) is 5.92 Å². The minimum atomic E-state index is -0.0733. The number of likely N-dealkylation sites (N-methyl/N-ethyl adjacent to an activating group) is 1. The fourth-order valence-corrected chi connectivity index (χ4v) is 4.55. The van der Waals surface area contributed by atoms with Crippen molar-refractivity contribution in [2.45, 2.75) is 50.9 Å². The van der Waals surface area contributed by atoms with Crippen molar-refractivity contribution >= 4 is 17.6 Å². The zero-order valence-corrected chi connectivity index (χ0v) is 18.0. The number of piperidine rings is 2. The number of ketones is 1. The molecule has 2 unspecified atom stereocenters. The first-order chi connectivity index (χ1) is 14.4. The van der Waals surface area contributed by atoms with E-state index in [4.69, 9.17) is 0 Å². The van der Waals surface area contributed by atoms with E-state index in [0.29, 0.717) is 6.42 Å². The number of hydrogen-bond acceptors (Lipinski definition) is 4. The molecule has 1 aliphatic carbocycles. The molecule has 162 valence electrons. The molecule has 2 heterocycles. The van der Waals surface area contributed by atoms with Gasteiger partial charge < -0.3 is 14.9 Å². The molecule has 0 aromatic heterocycles. The number of carbonyl (C=O) groups excluding carboxylic acids is 3. The first-order valence-electron chi connectivity index (χ1n) is 10.9. The highest BCUT2D eigenvalue weighted by Crippen LogP contribution is 2.30. The van der Waals surface area contributed by atoms with Crippen molar-refractivity contribution in [3.63, 3.8) is 0 Å². The van der Waals surface area contributed by atoms with Crippen LogP contribution in [0.4, 0.5) is 0 Å². The van der Waals surface area contributed by atoms with E-state index >= 15 is 0 Å². The second-order valence-electron chi connectivity index (χ2n) is 8.54. The smallest absolute Gasteiger partial charge is 0.229 e. The summed E-state index contributed by atoms with van der Waals surface area (Å²) >= 11 is 0. The van der Waals surface area contributed by atoms with Crippen LogP contribution in [0.2, 0.25) is 0 Å². The minimum absolute atomic E-state index is 0.00648. The minimum Gasteiger partial charge on any atom is -0.508 e. The Morgan fingerprint density at radius 3 is 2.13 bits per heavy atom. The maximum Gasteiger partial charge on any atom is 0.229 e. The zero-order chi connectivity index (χ0) is 21.7. The lowest BCUT2D eigenvalue weighted by atomic mass is 9.83. The summed E-state index contributed by atoms with van der Waals surface area (Å²) in [6.07, 6.45) is 8.09. The van der Waals surface area contributed by atoms with Crippen LogP contribution in [0, 0.1) is 5.92 Å². The van der Waals surface area contributed by atoms with Crippen molar-refractivity contribution in [1.29, 1.82) is 0 Å². The number of benzene rings is 1. The van der Waals surface area contributed by atoms with Crippen LogP contribution in [0.15, 0.2) is 35.9 Å². The Balaban J connectivity index is 0.000000171. The van der Waals surface area contributed by atoms with Crippen LogP contribution in [0.1, 0.15) is 56.4 Å². The fourth-order valence-electron chi connectivity index (χ4n) is 4.55. The van der Waals surface area contributed by atoms with Gasteiger partial charge in [-0.2, -0.15) is 0 Å². The number of allylic oxidation sites excluding steroid dienone is 1.